The van der Waals surface area contributed by atoms with E-state index in [1.165, 1.54) is 7.11 Å². The number of hydrogen-bond acceptors (Lipinski definition) is 6. The molecule has 0 bridgehead atoms. The summed E-state index contributed by atoms with van der Waals surface area (Å²) in [5.74, 6) is -0.393. The first-order chi connectivity index (χ1) is 12.9. The van der Waals surface area contributed by atoms with E-state index in [-0.39, 0.29) is 28.5 Å². The Labute approximate surface area is 168 Å². The number of sulfone groups is 1. The van der Waals surface area contributed by atoms with E-state index >= 15 is 0 Å². The number of rotatable bonds is 5. The fraction of sp³-hybridized carbons (Fsp3) is 0.650. The summed E-state index contributed by atoms with van der Waals surface area (Å²) in [7, 11) is -2.57. The van der Waals surface area contributed by atoms with E-state index in [0.29, 0.717) is 12.8 Å². The van der Waals surface area contributed by atoms with Gasteiger partial charge < -0.3 is 14.0 Å². The quantitative estimate of drug-likeness (QED) is 0.550. The predicted octanol–water partition coefficient (Wildman–Crippen LogP) is 2.35. The highest BCUT2D eigenvalue weighted by atomic mass is 32.2. The Morgan fingerprint density at radius 1 is 1.11 bits per heavy atom. The van der Waals surface area contributed by atoms with Gasteiger partial charge in [-0.1, -0.05) is 12.1 Å². The molecular weight excluding hydrogens is 379 g/mol. The van der Waals surface area contributed by atoms with Gasteiger partial charge in [-0.05, 0) is 70.5 Å². The van der Waals surface area contributed by atoms with Crippen LogP contribution >= 0.6 is 0 Å². The van der Waals surface area contributed by atoms with Gasteiger partial charge in [-0.2, -0.15) is 0 Å². The first-order valence-corrected chi connectivity index (χ1v) is 11.4. The maximum atomic E-state index is 12.8. The van der Waals surface area contributed by atoms with E-state index in [1.807, 2.05) is 27.7 Å². The topological polar surface area (TPSA) is 78.9 Å². The number of ether oxygens (including phenoxy) is 1. The molecule has 6 nitrogen and oxygen atoms in total. The standard InChI is InChI=1S/C20H29BO6S/c1-19(2)20(3,4)27-21(26-19)16-8-10-17(11-9-16)28(23,24)13-14-6-7-15(12-14)18(22)25-5/h8-11,14-15H,6-7,12-13H2,1-5H3/t14-,15+/m0/s1. The molecule has 0 aromatic heterocycles. The van der Waals surface area contributed by atoms with Crippen molar-refractivity contribution in [3.8, 4) is 0 Å². The monoisotopic (exact) mass is 408 g/mol. The van der Waals surface area contributed by atoms with Crippen molar-refractivity contribution >= 4 is 28.4 Å². The summed E-state index contributed by atoms with van der Waals surface area (Å²) in [5, 5.41) is 0. The second-order valence-corrected chi connectivity index (χ2v) is 10.9. The van der Waals surface area contributed by atoms with Crippen LogP contribution in [0.4, 0.5) is 0 Å². The van der Waals surface area contributed by atoms with Crippen molar-refractivity contribution in [3.05, 3.63) is 24.3 Å². The highest BCUT2D eigenvalue weighted by Gasteiger charge is 2.51. The summed E-state index contributed by atoms with van der Waals surface area (Å²) in [6, 6.07) is 6.73. The van der Waals surface area contributed by atoms with E-state index in [9.17, 15) is 13.2 Å². The SMILES string of the molecule is COC(=O)[C@@H]1CC[C@H](CS(=O)(=O)c2ccc(B3OC(C)(C)C(C)(C)O3)cc2)C1. The molecule has 28 heavy (non-hydrogen) atoms. The van der Waals surface area contributed by atoms with Gasteiger partial charge in [0.25, 0.3) is 0 Å². The van der Waals surface area contributed by atoms with E-state index in [2.05, 4.69) is 0 Å². The molecule has 1 aromatic carbocycles. The lowest BCUT2D eigenvalue weighted by Gasteiger charge is -2.32. The number of methoxy groups -OCH3 is 1. The average Bonchev–Trinajstić information content (AvgIpc) is 3.15. The van der Waals surface area contributed by atoms with E-state index in [4.69, 9.17) is 14.0 Å². The Hall–Kier alpha value is -1.38. The zero-order valence-corrected chi connectivity index (χ0v) is 18.0. The zero-order chi connectivity index (χ0) is 20.7. The van der Waals surface area contributed by atoms with Gasteiger partial charge >= 0.3 is 13.1 Å². The zero-order valence-electron chi connectivity index (χ0n) is 17.2. The van der Waals surface area contributed by atoms with Gasteiger partial charge in [0.05, 0.1) is 34.9 Å². The minimum Gasteiger partial charge on any atom is -0.469 e. The lowest BCUT2D eigenvalue weighted by Crippen LogP contribution is -2.41. The molecule has 154 valence electrons. The van der Waals surface area contributed by atoms with Crippen molar-refractivity contribution in [3.63, 3.8) is 0 Å². The van der Waals surface area contributed by atoms with Crippen LogP contribution in [0.5, 0.6) is 0 Å². The van der Waals surface area contributed by atoms with Crippen molar-refractivity contribution in [2.24, 2.45) is 11.8 Å². The van der Waals surface area contributed by atoms with Crippen molar-refractivity contribution < 1.29 is 27.3 Å². The summed E-state index contributed by atoms with van der Waals surface area (Å²) in [4.78, 5) is 11.9. The lowest BCUT2D eigenvalue weighted by molar-refractivity contribution is -0.145. The highest BCUT2D eigenvalue weighted by Crippen LogP contribution is 2.37. The predicted molar refractivity (Wildman–Crippen MR) is 107 cm³/mol. The smallest absolute Gasteiger partial charge is 0.469 e. The van der Waals surface area contributed by atoms with Crippen LogP contribution in [0.2, 0.25) is 0 Å². The van der Waals surface area contributed by atoms with Crippen LogP contribution in [0.25, 0.3) is 0 Å². The molecule has 1 saturated heterocycles. The van der Waals surface area contributed by atoms with Gasteiger partial charge in [-0.25, -0.2) is 8.42 Å². The normalized spacial score (nSPS) is 26.4. The summed E-state index contributed by atoms with van der Waals surface area (Å²) >= 11 is 0. The summed E-state index contributed by atoms with van der Waals surface area (Å²) in [6.07, 6.45) is 1.98. The van der Waals surface area contributed by atoms with E-state index < -0.39 is 28.2 Å². The van der Waals surface area contributed by atoms with Crippen LogP contribution in [0, 0.1) is 11.8 Å². The summed E-state index contributed by atoms with van der Waals surface area (Å²) in [5.41, 5.74) is -0.0912. The molecule has 1 aliphatic carbocycles. The van der Waals surface area contributed by atoms with E-state index in [1.54, 1.807) is 24.3 Å². The first-order valence-electron chi connectivity index (χ1n) is 9.71. The number of esters is 1. The fourth-order valence-electron chi connectivity index (χ4n) is 3.83. The molecule has 0 N–H and O–H groups in total. The number of carbonyl (C=O) groups is 1. The molecular formula is C20H29BO6S. The van der Waals surface area contributed by atoms with E-state index in [0.717, 1.165) is 11.9 Å². The largest absolute Gasteiger partial charge is 0.494 e. The van der Waals surface area contributed by atoms with Crippen LogP contribution in [0.1, 0.15) is 47.0 Å². The van der Waals surface area contributed by atoms with Crippen LogP contribution in [-0.4, -0.2) is 45.6 Å². The maximum Gasteiger partial charge on any atom is 0.494 e. The van der Waals surface area contributed by atoms with Crippen LogP contribution in [-0.2, 0) is 28.7 Å². The van der Waals surface area contributed by atoms with Crippen molar-refractivity contribution in [1.82, 2.24) is 0 Å². The molecule has 2 atom stereocenters. The molecule has 2 aliphatic rings. The Morgan fingerprint density at radius 2 is 1.68 bits per heavy atom. The van der Waals surface area contributed by atoms with Crippen LogP contribution in [0.3, 0.4) is 0 Å². The molecule has 0 amide bonds. The van der Waals surface area contributed by atoms with Crippen molar-refractivity contribution in [2.75, 3.05) is 12.9 Å². The Bertz CT molecular complexity index is 815. The summed E-state index contributed by atoms with van der Waals surface area (Å²) in [6.45, 7) is 7.92. The number of benzene rings is 1. The number of carbonyl (C=O) groups excluding carboxylic acids is 1. The van der Waals surface area contributed by atoms with Crippen molar-refractivity contribution in [2.45, 2.75) is 63.1 Å². The van der Waals surface area contributed by atoms with Gasteiger partial charge in [-0.3, -0.25) is 4.79 Å². The molecule has 0 spiro atoms. The first kappa shape index (κ1) is 21.3. The molecule has 1 heterocycles. The Kier molecular flexibility index (Phi) is 5.69. The second kappa shape index (κ2) is 7.46. The minimum atomic E-state index is -3.42. The molecule has 0 radical (unpaired) electrons. The minimum absolute atomic E-state index is 0.0168. The Balaban J connectivity index is 1.67. The van der Waals surface area contributed by atoms with Crippen molar-refractivity contribution in [1.29, 1.82) is 0 Å². The molecule has 3 rings (SSSR count). The third-order valence-electron chi connectivity index (χ3n) is 6.30. The molecule has 0 unspecified atom stereocenters. The van der Waals surface area contributed by atoms with Gasteiger partial charge in [0.15, 0.2) is 9.84 Å². The van der Waals surface area contributed by atoms with Gasteiger partial charge in [0, 0.05) is 0 Å². The van der Waals surface area contributed by atoms with Gasteiger partial charge in [0.2, 0.25) is 0 Å². The molecule has 1 saturated carbocycles. The molecule has 8 heteroatoms. The number of hydrogen-bond donors (Lipinski definition) is 0. The lowest BCUT2D eigenvalue weighted by atomic mass is 9.79. The molecule has 1 aromatic rings. The third kappa shape index (κ3) is 4.14. The third-order valence-corrected chi connectivity index (χ3v) is 8.20. The van der Waals surface area contributed by atoms with Gasteiger partial charge in [-0.15, -0.1) is 0 Å². The van der Waals surface area contributed by atoms with Gasteiger partial charge in [0.1, 0.15) is 0 Å². The fourth-order valence-corrected chi connectivity index (χ4v) is 5.49. The highest BCUT2D eigenvalue weighted by molar-refractivity contribution is 7.91. The van der Waals surface area contributed by atoms with Crippen LogP contribution < -0.4 is 5.46 Å². The second-order valence-electron chi connectivity index (χ2n) is 8.84. The van der Waals surface area contributed by atoms with Crippen LogP contribution in [0.15, 0.2) is 29.2 Å². The average molecular weight is 408 g/mol. The summed E-state index contributed by atoms with van der Waals surface area (Å²) < 4.78 is 42.4. The molecule has 1 aliphatic heterocycles. The molecule has 2 fully saturated rings. The maximum absolute atomic E-state index is 12.8. The Morgan fingerprint density at radius 3 is 2.21 bits per heavy atom.